The largest absolute Gasteiger partial charge is 0.469 e. The van der Waals surface area contributed by atoms with Gasteiger partial charge in [0, 0.05) is 5.56 Å². The van der Waals surface area contributed by atoms with Crippen LogP contribution in [0.3, 0.4) is 0 Å². The van der Waals surface area contributed by atoms with Crippen LogP contribution >= 0.6 is 0 Å². The van der Waals surface area contributed by atoms with Crippen molar-refractivity contribution in [2.75, 3.05) is 6.67 Å². The summed E-state index contributed by atoms with van der Waals surface area (Å²) in [6.45, 7) is 0.782. The van der Waals surface area contributed by atoms with Gasteiger partial charge in [0.1, 0.15) is 5.75 Å². The van der Waals surface area contributed by atoms with Gasteiger partial charge in [-0.1, -0.05) is 18.2 Å². The molecule has 1 unspecified atom stereocenters. The summed E-state index contributed by atoms with van der Waals surface area (Å²) in [5, 5.41) is 6.42. The third kappa shape index (κ3) is 1.01. The minimum Gasteiger partial charge on any atom is -0.469 e. The van der Waals surface area contributed by atoms with Crippen molar-refractivity contribution >= 4 is 6.08 Å². The molecule has 3 heteroatoms. The maximum Gasteiger partial charge on any atom is 0.192 e. The molecule has 0 amide bonds. The topological polar surface area (TPSA) is 33.3 Å². The Balaban J connectivity index is 2.10. The number of nitrogens with one attached hydrogen (secondary N) is 2. The quantitative estimate of drug-likeness (QED) is 0.613. The summed E-state index contributed by atoms with van der Waals surface area (Å²) in [6.07, 6.45) is 2.15. The molecule has 13 heavy (non-hydrogen) atoms. The first kappa shape index (κ1) is 6.97. The third-order valence-electron chi connectivity index (χ3n) is 2.34. The molecular formula is C10H10N2O. The van der Waals surface area contributed by atoms with Crippen molar-refractivity contribution in [2.45, 2.75) is 6.23 Å². The van der Waals surface area contributed by atoms with Crippen LogP contribution in [0.15, 0.2) is 30.0 Å². The standard InChI is InChI=1S/C10H10N2O/c1-2-4-9-7(3-1)5-8-10(13-9)12-6-11-8/h1-5,10-12H,6H2. The molecule has 3 rings (SSSR count). The zero-order valence-electron chi connectivity index (χ0n) is 7.08. The van der Waals surface area contributed by atoms with Crippen LogP contribution in [0.2, 0.25) is 0 Å². The first-order valence-electron chi connectivity index (χ1n) is 4.38. The molecule has 2 aliphatic heterocycles. The molecule has 1 aromatic rings. The van der Waals surface area contributed by atoms with Crippen LogP contribution in [0.25, 0.3) is 6.08 Å². The molecule has 66 valence electrons. The second kappa shape index (κ2) is 2.50. The van der Waals surface area contributed by atoms with E-state index in [2.05, 4.69) is 22.8 Å². The first-order valence-corrected chi connectivity index (χ1v) is 4.38. The molecule has 2 heterocycles. The molecular weight excluding hydrogens is 164 g/mol. The van der Waals surface area contributed by atoms with Gasteiger partial charge in [-0.3, -0.25) is 5.32 Å². The van der Waals surface area contributed by atoms with Crippen molar-refractivity contribution in [1.29, 1.82) is 0 Å². The Morgan fingerprint density at radius 1 is 1.31 bits per heavy atom. The van der Waals surface area contributed by atoms with Crippen LogP contribution in [0.5, 0.6) is 5.75 Å². The molecule has 1 atom stereocenters. The monoisotopic (exact) mass is 174 g/mol. The fourth-order valence-corrected chi connectivity index (χ4v) is 1.68. The SMILES string of the molecule is C1=C2NCNC2Oc2ccccc21. The maximum absolute atomic E-state index is 5.71. The number of hydrogen-bond acceptors (Lipinski definition) is 3. The van der Waals surface area contributed by atoms with Crippen LogP contribution in [-0.2, 0) is 0 Å². The number of benzene rings is 1. The molecule has 0 aromatic heterocycles. The fraction of sp³-hybridized carbons (Fsp3) is 0.200. The van der Waals surface area contributed by atoms with Crippen LogP contribution in [0, 0.1) is 0 Å². The van der Waals surface area contributed by atoms with E-state index in [1.54, 1.807) is 0 Å². The minimum atomic E-state index is 0.0231. The maximum atomic E-state index is 5.71. The first-order chi connectivity index (χ1) is 6.43. The Hall–Kier alpha value is -1.48. The number of ether oxygens (including phenoxy) is 1. The fourth-order valence-electron chi connectivity index (χ4n) is 1.68. The Labute approximate surface area is 76.4 Å². The van der Waals surface area contributed by atoms with Gasteiger partial charge in [0.15, 0.2) is 6.23 Å². The van der Waals surface area contributed by atoms with Gasteiger partial charge in [-0.05, 0) is 12.1 Å². The lowest BCUT2D eigenvalue weighted by Gasteiger charge is -2.20. The number of para-hydroxylation sites is 1. The van der Waals surface area contributed by atoms with E-state index < -0.39 is 0 Å². The van der Waals surface area contributed by atoms with E-state index in [-0.39, 0.29) is 6.23 Å². The van der Waals surface area contributed by atoms with E-state index in [1.165, 1.54) is 0 Å². The molecule has 0 radical (unpaired) electrons. The van der Waals surface area contributed by atoms with Gasteiger partial charge in [-0.25, -0.2) is 0 Å². The van der Waals surface area contributed by atoms with Crippen molar-refractivity contribution in [3.63, 3.8) is 0 Å². The molecule has 3 nitrogen and oxygen atoms in total. The Morgan fingerprint density at radius 2 is 2.23 bits per heavy atom. The van der Waals surface area contributed by atoms with E-state index in [9.17, 15) is 0 Å². The van der Waals surface area contributed by atoms with E-state index in [4.69, 9.17) is 4.74 Å². The van der Waals surface area contributed by atoms with Gasteiger partial charge in [0.25, 0.3) is 0 Å². The molecule has 0 bridgehead atoms. The van der Waals surface area contributed by atoms with Crippen LogP contribution in [0.1, 0.15) is 5.56 Å². The lowest BCUT2D eigenvalue weighted by molar-refractivity contribution is 0.217. The lowest BCUT2D eigenvalue weighted by Crippen LogP contribution is -2.30. The number of rotatable bonds is 0. The summed E-state index contributed by atoms with van der Waals surface area (Å²) in [7, 11) is 0. The van der Waals surface area contributed by atoms with Gasteiger partial charge < -0.3 is 10.1 Å². The van der Waals surface area contributed by atoms with Crippen molar-refractivity contribution in [2.24, 2.45) is 0 Å². The highest BCUT2D eigenvalue weighted by Crippen LogP contribution is 2.28. The zero-order valence-corrected chi connectivity index (χ0v) is 7.08. The molecule has 2 aliphatic rings. The van der Waals surface area contributed by atoms with E-state index in [0.717, 1.165) is 23.7 Å². The molecule has 1 saturated heterocycles. The van der Waals surface area contributed by atoms with E-state index >= 15 is 0 Å². The highest BCUT2D eigenvalue weighted by molar-refractivity contribution is 5.62. The summed E-state index contributed by atoms with van der Waals surface area (Å²) in [6, 6.07) is 8.04. The number of fused-ring (bicyclic) bond motifs is 2. The summed E-state index contributed by atoms with van der Waals surface area (Å²) in [5.41, 5.74) is 2.27. The van der Waals surface area contributed by atoms with E-state index in [1.807, 2.05) is 18.2 Å². The van der Waals surface area contributed by atoms with Gasteiger partial charge in [0.2, 0.25) is 0 Å². The highest BCUT2D eigenvalue weighted by Gasteiger charge is 2.25. The van der Waals surface area contributed by atoms with Crippen LogP contribution in [0.4, 0.5) is 0 Å². The van der Waals surface area contributed by atoms with Gasteiger partial charge in [-0.15, -0.1) is 0 Å². The van der Waals surface area contributed by atoms with Crippen molar-refractivity contribution in [3.8, 4) is 5.75 Å². The summed E-state index contributed by atoms with van der Waals surface area (Å²) in [5.74, 6) is 0.951. The molecule has 0 aliphatic carbocycles. The molecule has 0 spiro atoms. The molecule has 1 fully saturated rings. The van der Waals surface area contributed by atoms with Crippen molar-refractivity contribution in [1.82, 2.24) is 10.6 Å². The Kier molecular flexibility index (Phi) is 1.34. The smallest absolute Gasteiger partial charge is 0.192 e. The molecule has 2 N–H and O–H groups in total. The van der Waals surface area contributed by atoms with Gasteiger partial charge >= 0.3 is 0 Å². The van der Waals surface area contributed by atoms with Crippen molar-refractivity contribution < 1.29 is 4.74 Å². The normalized spacial score (nSPS) is 23.7. The second-order valence-corrected chi connectivity index (χ2v) is 3.19. The molecule has 0 saturated carbocycles. The zero-order chi connectivity index (χ0) is 8.67. The number of hydrogen-bond donors (Lipinski definition) is 2. The summed E-state index contributed by atoms with van der Waals surface area (Å²) >= 11 is 0. The van der Waals surface area contributed by atoms with E-state index in [0.29, 0.717) is 0 Å². The Morgan fingerprint density at radius 3 is 3.23 bits per heavy atom. The van der Waals surface area contributed by atoms with Crippen LogP contribution < -0.4 is 15.4 Å². The lowest BCUT2D eigenvalue weighted by atomic mass is 10.1. The summed E-state index contributed by atoms with van der Waals surface area (Å²) < 4.78 is 5.71. The van der Waals surface area contributed by atoms with Crippen LogP contribution in [-0.4, -0.2) is 12.9 Å². The minimum absolute atomic E-state index is 0.0231. The van der Waals surface area contributed by atoms with Crippen molar-refractivity contribution in [3.05, 3.63) is 35.5 Å². The average molecular weight is 174 g/mol. The molecule has 1 aromatic carbocycles. The summed E-state index contributed by atoms with van der Waals surface area (Å²) in [4.78, 5) is 0. The Bertz CT molecular complexity index is 373. The average Bonchev–Trinajstić information content (AvgIpc) is 2.61. The van der Waals surface area contributed by atoms with Gasteiger partial charge in [0.05, 0.1) is 12.4 Å². The van der Waals surface area contributed by atoms with Gasteiger partial charge in [-0.2, -0.15) is 0 Å². The predicted molar refractivity (Wildman–Crippen MR) is 50.0 cm³/mol. The predicted octanol–water partition coefficient (Wildman–Crippen LogP) is 0.896. The third-order valence-corrected chi connectivity index (χ3v) is 2.34. The second-order valence-electron chi connectivity index (χ2n) is 3.19. The highest BCUT2D eigenvalue weighted by atomic mass is 16.5.